The molecule has 25 heavy (non-hydrogen) atoms. The third-order valence-electron chi connectivity index (χ3n) is 5.10. The molecule has 1 aliphatic rings. The SMILES string of the molecule is O=c1ccccn1CCN1CCC(n2c(=O)[nH]c3ccccc32)CC1. The van der Waals surface area contributed by atoms with Gasteiger partial charge in [0, 0.05) is 44.5 Å². The van der Waals surface area contributed by atoms with Gasteiger partial charge in [0.2, 0.25) is 0 Å². The van der Waals surface area contributed by atoms with E-state index in [-0.39, 0.29) is 17.3 Å². The number of aromatic nitrogens is 3. The van der Waals surface area contributed by atoms with Gasteiger partial charge in [0.15, 0.2) is 0 Å². The molecule has 2 aromatic heterocycles. The topological polar surface area (TPSA) is 63.0 Å². The number of piperidine rings is 1. The molecule has 4 rings (SSSR count). The van der Waals surface area contributed by atoms with Crippen molar-refractivity contribution in [2.45, 2.75) is 25.4 Å². The maximum absolute atomic E-state index is 12.3. The molecule has 0 unspecified atom stereocenters. The maximum Gasteiger partial charge on any atom is 0.326 e. The molecule has 0 atom stereocenters. The van der Waals surface area contributed by atoms with Crippen LogP contribution in [0.5, 0.6) is 0 Å². The van der Waals surface area contributed by atoms with Gasteiger partial charge in [-0.2, -0.15) is 0 Å². The molecule has 1 aromatic carbocycles. The first-order valence-corrected chi connectivity index (χ1v) is 8.79. The van der Waals surface area contributed by atoms with Crippen LogP contribution in [0.15, 0.2) is 58.3 Å². The fourth-order valence-electron chi connectivity index (χ4n) is 3.73. The summed E-state index contributed by atoms with van der Waals surface area (Å²) in [5.41, 5.74) is 1.92. The lowest BCUT2D eigenvalue weighted by Gasteiger charge is -2.32. The Morgan fingerprint density at radius 1 is 0.960 bits per heavy atom. The highest BCUT2D eigenvalue weighted by Gasteiger charge is 2.23. The Morgan fingerprint density at radius 3 is 2.52 bits per heavy atom. The van der Waals surface area contributed by atoms with Crippen LogP contribution >= 0.6 is 0 Å². The average molecular weight is 338 g/mol. The number of benzene rings is 1. The number of likely N-dealkylation sites (tertiary alicyclic amines) is 1. The quantitative estimate of drug-likeness (QED) is 0.789. The molecule has 1 saturated heterocycles. The molecule has 0 radical (unpaired) electrons. The van der Waals surface area contributed by atoms with Crippen LogP contribution < -0.4 is 11.2 Å². The van der Waals surface area contributed by atoms with E-state index in [1.165, 1.54) is 0 Å². The lowest BCUT2D eigenvalue weighted by atomic mass is 10.0. The van der Waals surface area contributed by atoms with Crippen molar-refractivity contribution in [2.24, 2.45) is 0 Å². The van der Waals surface area contributed by atoms with Crippen molar-refractivity contribution in [1.29, 1.82) is 0 Å². The Labute approximate surface area is 145 Å². The number of pyridine rings is 1. The third kappa shape index (κ3) is 3.17. The summed E-state index contributed by atoms with van der Waals surface area (Å²) in [6, 6.07) is 13.3. The molecule has 3 aromatic rings. The normalized spacial score (nSPS) is 16.5. The van der Waals surface area contributed by atoms with Gasteiger partial charge in [-0.05, 0) is 31.0 Å². The van der Waals surface area contributed by atoms with E-state index in [9.17, 15) is 9.59 Å². The van der Waals surface area contributed by atoms with Gasteiger partial charge in [-0.1, -0.05) is 18.2 Å². The summed E-state index contributed by atoms with van der Waals surface area (Å²) in [5.74, 6) is 0. The molecular weight excluding hydrogens is 316 g/mol. The second-order valence-electron chi connectivity index (χ2n) is 6.62. The summed E-state index contributed by atoms with van der Waals surface area (Å²) < 4.78 is 3.66. The number of rotatable bonds is 4. The average Bonchev–Trinajstić information content (AvgIpc) is 2.97. The van der Waals surface area contributed by atoms with E-state index >= 15 is 0 Å². The second-order valence-corrected chi connectivity index (χ2v) is 6.62. The monoisotopic (exact) mass is 338 g/mol. The molecule has 0 saturated carbocycles. The van der Waals surface area contributed by atoms with E-state index in [0.29, 0.717) is 6.54 Å². The summed E-state index contributed by atoms with van der Waals surface area (Å²) in [5, 5.41) is 0. The van der Waals surface area contributed by atoms with Crippen LogP contribution in [0.1, 0.15) is 18.9 Å². The smallest absolute Gasteiger partial charge is 0.314 e. The third-order valence-corrected chi connectivity index (χ3v) is 5.10. The van der Waals surface area contributed by atoms with Crippen molar-refractivity contribution in [3.63, 3.8) is 0 Å². The van der Waals surface area contributed by atoms with Crippen LogP contribution in [0, 0.1) is 0 Å². The number of aromatic amines is 1. The summed E-state index contributed by atoms with van der Waals surface area (Å²) in [6.07, 6.45) is 3.73. The number of fused-ring (bicyclic) bond motifs is 1. The minimum absolute atomic E-state index is 0.0181. The summed E-state index contributed by atoms with van der Waals surface area (Å²) in [6.45, 7) is 3.45. The molecule has 130 valence electrons. The fourth-order valence-corrected chi connectivity index (χ4v) is 3.73. The number of para-hydroxylation sites is 2. The van der Waals surface area contributed by atoms with Crippen molar-refractivity contribution in [1.82, 2.24) is 19.0 Å². The Morgan fingerprint density at radius 2 is 1.72 bits per heavy atom. The van der Waals surface area contributed by atoms with Gasteiger partial charge in [-0.3, -0.25) is 9.36 Å². The molecule has 6 heteroatoms. The van der Waals surface area contributed by atoms with Crippen molar-refractivity contribution in [3.8, 4) is 0 Å². The van der Waals surface area contributed by atoms with E-state index < -0.39 is 0 Å². The zero-order valence-electron chi connectivity index (χ0n) is 14.1. The zero-order chi connectivity index (χ0) is 17.2. The van der Waals surface area contributed by atoms with Crippen LogP contribution in [-0.2, 0) is 6.54 Å². The Bertz CT molecular complexity index is 976. The van der Waals surface area contributed by atoms with Gasteiger partial charge >= 0.3 is 5.69 Å². The van der Waals surface area contributed by atoms with Gasteiger partial charge in [-0.15, -0.1) is 0 Å². The number of hydrogen-bond acceptors (Lipinski definition) is 3. The van der Waals surface area contributed by atoms with E-state index in [2.05, 4.69) is 9.88 Å². The van der Waals surface area contributed by atoms with Gasteiger partial charge < -0.3 is 14.5 Å². The van der Waals surface area contributed by atoms with Gasteiger partial charge in [-0.25, -0.2) is 4.79 Å². The van der Waals surface area contributed by atoms with E-state index in [1.54, 1.807) is 16.7 Å². The predicted molar refractivity (Wildman–Crippen MR) is 98.0 cm³/mol. The van der Waals surface area contributed by atoms with E-state index in [1.807, 2.05) is 41.1 Å². The summed E-state index contributed by atoms with van der Waals surface area (Å²) in [4.78, 5) is 29.4. The molecular formula is C19H22N4O2. The zero-order valence-corrected chi connectivity index (χ0v) is 14.1. The Hall–Kier alpha value is -2.60. The highest BCUT2D eigenvalue weighted by Crippen LogP contribution is 2.24. The highest BCUT2D eigenvalue weighted by atomic mass is 16.1. The van der Waals surface area contributed by atoms with E-state index in [0.717, 1.165) is 43.5 Å². The lowest BCUT2D eigenvalue weighted by molar-refractivity contribution is 0.181. The molecule has 0 amide bonds. The number of nitrogens with one attached hydrogen (secondary N) is 1. The highest BCUT2D eigenvalue weighted by molar-refractivity contribution is 5.75. The molecule has 6 nitrogen and oxygen atoms in total. The molecule has 1 fully saturated rings. The first-order valence-electron chi connectivity index (χ1n) is 8.79. The number of H-pyrrole nitrogens is 1. The minimum Gasteiger partial charge on any atom is -0.314 e. The minimum atomic E-state index is -0.0181. The van der Waals surface area contributed by atoms with Gasteiger partial charge in [0.1, 0.15) is 0 Å². The van der Waals surface area contributed by atoms with Crippen LogP contribution in [0.4, 0.5) is 0 Å². The fraction of sp³-hybridized carbons (Fsp3) is 0.368. The number of imidazole rings is 1. The second kappa shape index (κ2) is 6.72. The molecule has 1 aliphatic heterocycles. The number of hydrogen-bond donors (Lipinski definition) is 1. The van der Waals surface area contributed by atoms with Gasteiger partial charge in [0.25, 0.3) is 5.56 Å². The van der Waals surface area contributed by atoms with Crippen molar-refractivity contribution >= 4 is 11.0 Å². The largest absolute Gasteiger partial charge is 0.326 e. The van der Waals surface area contributed by atoms with Crippen LogP contribution in [0.3, 0.4) is 0 Å². The molecule has 1 N–H and O–H groups in total. The molecule has 3 heterocycles. The molecule has 0 bridgehead atoms. The van der Waals surface area contributed by atoms with E-state index in [4.69, 9.17) is 0 Å². The van der Waals surface area contributed by atoms with Crippen molar-refractivity contribution in [3.05, 3.63) is 69.5 Å². The van der Waals surface area contributed by atoms with Crippen LogP contribution in [0.25, 0.3) is 11.0 Å². The first-order chi connectivity index (χ1) is 12.2. The van der Waals surface area contributed by atoms with Crippen molar-refractivity contribution in [2.75, 3.05) is 19.6 Å². The Balaban J connectivity index is 1.41. The predicted octanol–water partition coefficient (Wildman–Crippen LogP) is 1.83. The number of nitrogens with zero attached hydrogens (tertiary/aromatic N) is 3. The van der Waals surface area contributed by atoms with Gasteiger partial charge in [0.05, 0.1) is 11.0 Å². The first kappa shape index (κ1) is 15.9. The standard InChI is InChI=1S/C19H22N4O2/c24-18-7-3-4-10-22(18)14-13-21-11-8-15(9-12-21)23-17-6-2-1-5-16(17)20-19(23)25/h1-7,10,15H,8-9,11-14H2,(H,20,25). The maximum atomic E-state index is 12.3. The van der Waals surface area contributed by atoms with Crippen molar-refractivity contribution < 1.29 is 0 Å². The molecule has 0 aliphatic carbocycles. The van der Waals surface area contributed by atoms with Crippen LogP contribution in [0.2, 0.25) is 0 Å². The molecule has 0 spiro atoms. The van der Waals surface area contributed by atoms with Crippen LogP contribution in [-0.4, -0.2) is 38.7 Å². The Kier molecular flexibility index (Phi) is 4.28. The summed E-state index contributed by atoms with van der Waals surface area (Å²) in [7, 11) is 0. The summed E-state index contributed by atoms with van der Waals surface area (Å²) >= 11 is 0. The lowest BCUT2D eigenvalue weighted by Crippen LogP contribution is -2.39.